The molecule has 2 N–H and O–H groups in total. The van der Waals surface area contributed by atoms with Crippen molar-refractivity contribution < 1.29 is 0 Å². The zero-order valence-corrected chi connectivity index (χ0v) is 10.6. The molecule has 1 nitrogen and oxygen atoms in total. The molecule has 0 bridgehead atoms. The van der Waals surface area contributed by atoms with Crippen molar-refractivity contribution in [3.63, 3.8) is 0 Å². The second-order valence-corrected chi connectivity index (χ2v) is 5.08. The molecular formula is C13H29N. The van der Waals surface area contributed by atoms with Gasteiger partial charge in [-0.1, -0.05) is 53.4 Å². The molecule has 2 atom stereocenters. The van der Waals surface area contributed by atoms with Gasteiger partial charge in [0.15, 0.2) is 0 Å². The summed E-state index contributed by atoms with van der Waals surface area (Å²) < 4.78 is 0. The molecule has 0 radical (unpaired) electrons. The zero-order valence-electron chi connectivity index (χ0n) is 10.6. The van der Waals surface area contributed by atoms with Gasteiger partial charge in [-0.05, 0) is 30.7 Å². The van der Waals surface area contributed by atoms with Gasteiger partial charge < -0.3 is 5.73 Å². The van der Waals surface area contributed by atoms with E-state index in [0.717, 1.165) is 24.3 Å². The zero-order chi connectivity index (χ0) is 11.0. The highest BCUT2D eigenvalue weighted by Gasteiger charge is 2.14. The van der Waals surface area contributed by atoms with Crippen LogP contribution in [0, 0.1) is 17.8 Å². The van der Waals surface area contributed by atoms with Crippen molar-refractivity contribution in [3.8, 4) is 0 Å². The van der Waals surface area contributed by atoms with Crippen LogP contribution in [0.1, 0.15) is 59.8 Å². The number of hydrogen-bond acceptors (Lipinski definition) is 1. The highest BCUT2D eigenvalue weighted by atomic mass is 14.6. The van der Waals surface area contributed by atoms with Crippen LogP contribution in [0.2, 0.25) is 0 Å². The third-order valence-corrected chi connectivity index (χ3v) is 3.25. The molecule has 0 aromatic rings. The van der Waals surface area contributed by atoms with Gasteiger partial charge >= 0.3 is 0 Å². The first kappa shape index (κ1) is 14.0. The maximum Gasteiger partial charge on any atom is -0.00463 e. The van der Waals surface area contributed by atoms with Crippen molar-refractivity contribution >= 4 is 0 Å². The summed E-state index contributed by atoms with van der Waals surface area (Å²) in [5, 5.41) is 0. The summed E-state index contributed by atoms with van der Waals surface area (Å²) in [6, 6.07) is 0. The molecule has 14 heavy (non-hydrogen) atoms. The third-order valence-electron chi connectivity index (χ3n) is 3.25. The van der Waals surface area contributed by atoms with Gasteiger partial charge in [-0.3, -0.25) is 0 Å². The van der Waals surface area contributed by atoms with E-state index in [1.165, 1.54) is 32.1 Å². The van der Waals surface area contributed by atoms with E-state index in [2.05, 4.69) is 27.7 Å². The summed E-state index contributed by atoms with van der Waals surface area (Å²) >= 11 is 0. The predicted molar refractivity (Wildman–Crippen MR) is 65.3 cm³/mol. The topological polar surface area (TPSA) is 26.0 Å². The van der Waals surface area contributed by atoms with Gasteiger partial charge in [0.25, 0.3) is 0 Å². The number of rotatable bonds is 8. The minimum Gasteiger partial charge on any atom is -0.330 e. The van der Waals surface area contributed by atoms with E-state index in [9.17, 15) is 0 Å². The van der Waals surface area contributed by atoms with E-state index in [4.69, 9.17) is 5.73 Å². The predicted octanol–water partition coefficient (Wildman–Crippen LogP) is 3.82. The second kappa shape index (κ2) is 8.28. The lowest BCUT2D eigenvalue weighted by Gasteiger charge is -2.22. The van der Waals surface area contributed by atoms with Gasteiger partial charge in [-0.2, -0.15) is 0 Å². The largest absolute Gasteiger partial charge is 0.330 e. The Hall–Kier alpha value is -0.0400. The van der Waals surface area contributed by atoms with E-state index < -0.39 is 0 Å². The lowest BCUT2D eigenvalue weighted by atomic mass is 9.85. The molecular weight excluding hydrogens is 170 g/mol. The lowest BCUT2D eigenvalue weighted by Crippen LogP contribution is -2.22. The molecule has 0 aliphatic carbocycles. The van der Waals surface area contributed by atoms with Crippen LogP contribution in [0.15, 0.2) is 0 Å². The Morgan fingerprint density at radius 2 is 1.71 bits per heavy atom. The lowest BCUT2D eigenvalue weighted by molar-refractivity contribution is 0.301. The van der Waals surface area contributed by atoms with Crippen LogP contribution < -0.4 is 5.73 Å². The van der Waals surface area contributed by atoms with Crippen LogP contribution in [0.3, 0.4) is 0 Å². The Balaban J connectivity index is 3.62. The summed E-state index contributed by atoms with van der Waals surface area (Å²) in [6.45, 7) is 10.1. The van der Waals surface area contributed by atoms with E-state index in [0.29, 0.717) is 0 Å². The summed E-state index contributed by atoms with van der Waals surface area (Å²) in [5.41, 5.74) is 5.78. The van der Waals surface area contributed by atoms with Gasteiger partial charge in [0.05, 0.1) is 0 Å². The summed E-state index contributed by atoms with van der Waals surface area (Å²) in [6.07, 6.45) is 6.82. The maximum atomic E-state index is 5.78. The van der Waals surface area contributed by atoms with Crippen molar-refractivity contribution in [1.82, 2.24) is 0 Å². The van der Waals surface area contributed by atoms with Gasteiger partial charge in [-0.15, -0.1) is 0 Å². The molecule has 2 unspecified atom stereocenters. The molecule has 0 saturated carbocycles. The van der Waals surface area contributed by atoms with Gasteiger partial charge in [0.1, 0.15) is 0 Å². The molecule has 0 rings (SSSR count). The first-order valence-electron chi connectivity index (χ1n) is 6.31. The summed E-state index contributed by atoms with van der Waals surface area (Å²) in [7, 11) is 0. The number of nitrogens with two attached hydrogens (primary N) is 1. The Morgan fingerprint density at radius 1 is 1.07 bits per heavy atom. The van der Waals surface area contributed by atoms with Crippen molar-refractivity contribution in [2.24, 2.45) is 23.5 Å². The van der Waals surface area contributed by atoms with Gasteiger partial charge in [0.2, 0.25) is 0 Å². The third kappa shape index (κ3) is 6.42. The van der Waals surface area contributed by atoms with Crippen LogP contribution in [-0.4, -0.2) is 6.54 Å². The quantitative estimate of drug-likeness (QED) is 0.591. The number of hydrogen-bond donors (Lipinski definition) is 1. The first-order valence-corrected chi connectivity index (χ1v) is 6.31. The summed E-state index contributed by atoms with van der Waals surface area (Å²) in [5.74, 6) is 2.33. The molecule has 1 heteroatoms. The minimum atomic E-state index is 0.728. The molecule has 0 spiro atoms. The van der Waals surface area contributed by atoms with Crippen molar-refractivity contribution in [2.45, 2.75) is 59.8 Å². The average Bonchev–Trinajstić information content (AvgIpc) is 2.14. The van der Waals surface area contributed by atoms with Crippen LogP contribution in [0.25, 0.3) is 0 Å². The molecule has 0 aromatic heterocycles. The SMILES string of the molecule is CCCCCC(C)CC(CN)C(C)C. The van der Waals surface area contributed by atoms with Crippen LogP contribution in [0.5, 0.6) is 0 Å². The van der Waals surface area contributed by atoms with Crippen LogP contribution >= 0.6 is 0 Å². The minimum absolute atomic E-state index is 0.728. The molecule has 0 aliphatic rings. The highest BCUT2D eigenvalue weighted by molar-refractivity contribution is 4.67. The normalized spacial score (nSPS) is 15.9. The molecule has 86 valence electrons. The van der Waals surface area contributed by atoms with Crippen molar-refractivity contribution in [1.29, 1.82) is 0 Å². The monoisotopic (exact) mass is 199 g/mol. The van der Waals surface area contributed by atoms with E-state index >= 15 is 0 Å². The molecule has 0 heterocycles. The van der Waals surface area contributed by atoms with E-state index in [-0.39, 0.29) is 0 Å². The summed E-state index contributed by atoms with van der Waals surface area (Å²) in [4.78, 5) is 0. The smallest absolute Gasteiger partial charge is 0.00463 e. The second-order valence-electron chi connectivity index (χ2n) is 5.08. The Labute approximate surface area is 90.5 Å². The Bertz CT molecular complexity index is 120. The molecule has 0 aromatic carbocycles. The Kier molecular flexibility index (Phi) is 8.26. The van der Waals surface area contributed by atoms with Gasteiger partial charge in [-0.25, -0.2) is 0 Å². The molecule has 0 aliphatic heterocycles. The van der Waals surface area contributed by atoms with Gasteiger partial charge in [0, 0.05) is 0 Å². The first-order chi connectivity index (χ1) is 6.61. The van der Waals surface area contributed by atoms with Crippen LogP contribution in [0.4, 0.5) is 0 Å². The molecule has 0 saturated heterocycles. The standard InChI is InChI=1S/C13H29N/c1-5-6-7-8-12(4)9-13(10-14)11(2)3/h11-13H,5-10,14H2,1-4H3. The van der Waals surface area contributed by atoms with Crippen molar-refractivity contribution in [3.05, 3.63) is 0 Å². The maximum absolute atomic E-state index is 5.78. The van der Waals surface area contributed by atoms with E-state index in [1.807, 2.05) is 0 Å². The van der Waals surface area contributed by atoms with E-state index in [1.54, 1.807) is 0 Å². The van der Waals surface area contributed by atoms with Crippen molar-refractivity contribution in [2.75, 3.05) is 6.54 Å². The fourth-order valence-corrected chi connectivity index (χ4v) is 2.02. The molecule has 0 amide bonds. The highest BCUT2D eigenvalue weighted by Crippen LogP contribution is 2.22. The fraction of sp³-hybridized carbons (Fsp3) is 1.00. The Morgan fingerprint density at radius 3 is 2.14 bits per heavy atom. The fourth-order valence-electron chi connectivity index (χ4n) is 2.02. The van der Waals surface area contributed by atoms with Crippen LogP contribution in [-0.2, 0) is 0 Å². The number of unbranched alkanes of at least 4 members (excludes halogenated alkanes) is 2. The average molecular weight is 199 g/mol. The molecule has 0 fully saturated rings.